The Labute approximate surface area is 54.6 Å². The molecule has 9 heavy (non-hydrogen) atoms. The minimum absolute atomic E-state index is 0.112. The third kappa shape index (κ3) is 1.64. The fraction of sp³-hybridized carbons (Fsp3) is 1.00. The molecule has 1 N–H and O–H groups in total. The van der Waals surface area contributed by atoms with Gasteiger partial charge in [-0.3, -0.25) is 0 Å². The van der Waals surface area contributed by atoms with Crippen molar-refractivity contribution in [2.75, 3.05) is 20.3 Å². The van der Waals surface area contributed by atoms with E-state index in [0.717, 1.165) is 0 Å². The highest BCUT2D eigenvalue weighted by atomic mass is 16.5. The molecule has 1 aliphatic rings. The standard InChI is InChI=1S/C6H12O3/c1-8-6-4-9-3-2-5(6)7/h5-7H,2-4H2,1H3. The lowest BCUT2D eigenvalue weighted by Crippen LogP contribution is -2.37. The molecule has 3 heteroatoms. The number of hydrogen-bond acceptors (Lipinski definition) is 3. The first-order valence-corrected chi connectivity index (χ1v) is 3.13. The maximum atomic E-state index is 9.16. The first-order chi connectivity index (χ1) is 4.34. The molecule has 0 aromatic heterocycles. The summed E-state index contributed by atoms with van der Waals surface area (Å²) < 4.78 is 9.99. The van der Waals surface area contributed by atoms with E-state index >= 15 is 0 Å². The first-order valence-electron chi connectivity index (χ1n) is 3.13. The Morgan fingerprint density at radius 2 is 2.44 bits per heavy atom. The predicted molar refractivity (Wildman–Crippen MR) is 32.2 cm³/mol. The van der Waals surface area contributed by atoms with Gasteiger partial charge in [-0.2, -0.15) is 0 Å². The van der Waals surface area contributed by atoms with Crippen molar-refractivity contribution < 1.29 is 14.6 Å². The minimum atomic E-state index is -0.330. The monoisotopic (exact) mass is 132 g/mol. The van der Waals surface area contributed by atoms with Gasteiger partial charge < -0.3 is 14.6 Å². The van der Waals surface area contributed by atoms with Crippen LogP contribution in [0.3, 0.4) is 0 Å². The van der Waals surface area contributed by atoms with Gasteiger partial charge in [-0.25, -0.2) is 0 Å². The van der Waals surface area contributed by atoms with Gasteiger partial charge in [0.25, 0.3) is 0 Å². The Morgan fingerprint density at radius 1 is 1.67 bits per heavy atom. The van der Waals surface area contributed by atoms with Crippen molar-refractivity contribution >= 4 is 0 Å². The van der Waals surface area contributed by atoms with E-state index in [4.69, 9.17) is 14.6 Å². The molecule has 0 aromatic rings. The summed E-state index contributed by atoms with van der Waals surface area (Å²) in [6.45, 7) is 1.18. The molecule has 0 radical (unpaired) electrons. The SMILES string of the molecule is COC1COCCC1O. The highest BCUT2D eigenvalue weighted by Crippen LogP contribution is 2.09. The largest absolute Gasteiger partial charge is 0.390 e. The van der Waals surface area contributed by atoms with E-state index in [2.05, 4.69) is 0 Å². The fourth-order valence-corrected chi connectivity index (χ4v) is 0.926. The molecule has 1 heterocycles. The second-order valence-corrected chi connectivity index (χ2v) is 2.21. The zero-order chi connectivity index (χ0) is 6.69. The zero-order valence-electron chi connectivity index (χ0n) is 5.54. The Balaban J connectivity index is 2.30. The van der Waals surface area contributed by atoms with Crippen LogP contribution in [0.5, 0.6) is 0 Å². The summed E-state index contributed by atoms with van der Waals surface area (Å²) in [6, 6.07) is 0. The van der Waals surface area contributed by atoms with Crippen molar-refractivity contribution in [2.24, 2.45) is 0 Å². The smallest absolute Gasteiger partial charge is 0.106 e. The molecule has 0 aromatic carbocycles. The Bertz CT molecular complexity index is 84.4. The van der Waals surface area contributed by atoms with Crippen LogP contribution >= 0.6 is 0 Å². The normalized spacial score (nSPS) is 36.7. The van der Waals surface area contributed by atoms with E-state index in [1.165, 1.54) is 0 Å². The van der Waals surface area contributed by atoms with Gasteiger partial charge in [0, 0.05) is 13.7 Å². The highest BCUT2D eigenvalue weighted by Gasteiger charge is 2.22. The zero-order valence-corrected chi connectivity index (χ0v) is 5.54. The van der Waals surface area contributed by atoms with Crippen LogP contribution in [0.4, 0.5) is 0 Å². The lowest BCUT2D eigenvalue weighted by atomic mass is 10.1. The highest BCUT2D eigenvalue weighted by molar-refractivity contribution is 4.71. The summed E-state index contributed by atoms with van der Waals surface area (Å²) in [4.78, 5) is 0. The van der Waals surface area contributed by atoms with Gasteiger partial charge in [0.2, 0.25) is 0 Å². The van der Waals surface area contributed by atoms with E-state index in [1.54, 1.807) is 7.11 Å². The number of aliphatic hydroxyl groups is 1. The van der Waals surface area contributed by atoms with Crippen LogP contribution in [0.1, 0.15) is 6.42 Å². The van der Waals surface area contributed by atoms with E-state index in [1.807, 2.05) is 0 Å². The minimum Gasteiger partial charge on any atom is -0.390 e. The molecule has 0 amide bonds. The van der Waals surface area contributed by atoms with Gasteiger partial charge in [0.1, 0.15) is 6.10 Å². The van der Waals surface area contributed by atoms with Gasteiger partial charge >= 0.3 is 0 Å². The summed E-state index contributed by atoms with van der Waals surface area (Å²) in [5, 5.41) is 9.16. The van der Waals surface area contributed by atoms with Crippen molar-refractivity contribution in [2.45, 2.75) is 18.6 Å². The van der Waals surface area contributed by atoms with Crippen molar-refractivity contribution in [1.29, 1.82) is 0 Å². The van der Waals surface area contributed by atoms with Gasteiger partial charge in [-0.15, -0.1) is 0 Å². The Morgan fingerprint density at radius 3 is 2.89 bits per heavy atom. The van der Waals surface area contributed by atoms with Crippen LogP contribution < -0.4 is 0 Å². The van der Waals surface area contributed by atoms with Gasteiger partial charge in [0.05, 0.1) is 12.7 Å². The number of ether oxygens (including phenoxy) is 2. The molecule has 1 rings (SSSR count). The average Bonchev–Trinajstić information content (AvgIpc) is 1.89. The van der Waals surface area contributed by atoms with Crippen LogP contribution in [0, 0.1) is 0 Å². The van der Waals surface area contributed by atoms with E-state index in [9.17, 15) is 0 Å². The van der Waals surface area contributed by atoms with Crippen molar-refractivity contribution in [3.05, 3.63) is 0 Å². The molecule has 2 atom stereocenters. The summed E-state index contributed by atoms with van der Waals surface area (Å²) in [5.74, 6) is 0. The predicted octanol–water partition coefficient (Wildman–Crippen LogP) is -0.217. The molecular weight excluding hydrogens is 120 g/mol. The average molecular weight is 132 g/mol. The van der Waals surface area contributed by atoms with Crippen LogP contribution in [0.25, 0.3) is 0 Å². The quantitative estimate of drug-likeness (QED) is 0.536. The molecule has 1 saturated heterocycles. The van der Waals surface area contributed by atoms with Crippen LogP contribution in [0.15, 0.2) is 0 Å². The Hall–Kier alpha value is -0.120. The second-order valence-electron chi connectivity index (χ2n) is 2.21. The Kier molecular flexibility index (Phi) is 2.45. The van der Waals surface area contributed by atoms with Crippen molar-refractivity contribution in [3.8, 4) is 0 Å². The molecule has 2 unspecified atom stereocenters. The lowest BCUT2D eigenvalue weighted by Gasteiger charge is -2.25. The maximum absolute atomic E-state index is 9.16. The third-order valence-electron chi connectivity index (χ3n) is 1.57. The summed E-state index contributed by atoms with van der Waals surface area (Å²) >= 11 is 0. The van der Waals surface area contributed by atoms with Gasteiger partial charge in [-0.1, -0.05) is 0 Å². The molecular formula is C6H12O3. The van der Waals surface area contributed by atoms with Gasteiger partial charge in [0.15, 0.2) is 0 Å². The van der Waals surface area contributed by atoms with Gasteiger partial charge in [-0.05, 0) is 6.42 Å². The summed E-state index contributed by atoms with van der Waals surface area (Å²) in [5.41, 5.74) is 0. The first kappa shape index (κ1) is 6.99. The summed E-state index contributed by atoms with van der Waals surface area (Å²) in [6.07, 6.45) is 0.251. The van der Waals surface area contributed by atoms with Crippen molar-refractivity contribution in [3.63, 3.8) is 0 Å². The number of aliphatic hydroxyl groups excluding tert-OH is 1. The molecule has 1 fully saturated rings. The van der Waals surface area contributed by atoms with Crippen LogP contribution in [-0.2, 0) is 9.47 Å². The molecule has 54 valence electrons. The topological polar surface area (TPSA) is 38.7 Å². The number of methoxy groups -OCH3 is 1. The van der Waals surface area contributed by atoms with E-state index < -0.39 is 0 Å². The van der Waals surface area contributed by atoms with Crippen LogP contribution in [-0.4, -0.2) is 37.6 Å². The van der Waals surface area contributed by atoms with E-state index in [-0.39, 0.29) is 12.2 Å². The van der Waals surface area contributed by atoms with Crippen LogP contribution in [0.2, 0.25) is 0 Å². The molecule has 0 bridgehead atoms. The second kappa shape index (κ2) is 3.15. The molecule has 3 nitrogen and oxygen atoms in total. The maximum Gasteiger partial charge on any atom is 0.106 e. The molecule has 0 spiro atoms. The molecule has 0 aliphatic carbocycles. The number of hydrogen-bond donors (Lipinski definition) is 1. The van der Waals surface area contributed by atoms with Crippen molar-refractivity contribution in [1.82, 2.24) is 0 Å². The molecule has 1 aliphatic heterocycles. The summed E-state index contributed by atoms with van der Waals surface area (Å²) in [7, 11) is 1.59. The molecule has 0 saturated carbocycles. The van der Waals surface area contributed by atoms with E-state index in [0.29, 0.717) is 19.6 Å². The fourth-order valence-electron chi connectivity index (χ4n) is 0.926. The lowest BCUT2D eigenvalue weighted by molar-refractivity contribution is -0.102. The number of rotatable bonds is 1. The third-order valence-corrected chi connectivity index (χ3v) is 1.57.